The third-order valence-electron chi connectivity index (χ3n) is 1.75. The van der Waals surface area contributed by atoms with Gasteiger partial charge in [-0.3, -0.25) is 0 Å². The number of methoxy groups -OCH3 is 1. The molecule has 0 unspecified atom stereocenters. The van der Waals surface area contributed by atoms with Crippen LogP contribution in [0.1, 0.15) is 0 Å². The van der Waals surface area contributed by atoms with E-state index in [4.69, 9.17) is 4.74 Å². The SMILES string of the molecule is COc1ccc(F)cc1N1NOS(=O)(=O)O1. The molecular formula is C7H7FN2O5S. The minimum Gasteiger partial charge on any atom is -0.494 e. The molecule has 0 bridgehead atoms. The highest BCUT2D eigenvalue weighted by atomic mass is 32.3. The van der Waals surface area contributed by atoms with E-state index in [1.54, 1.807) is 0 Å². The maximum atomic E-state index is 13.0. The van der Waals surface area contributed by atoms with Crippen molar-refractivity contribution in [2.45, 2.75) is 0 Å². The molecule has 1 aliphatic rings. The second kappa shape index (κ2) is 3.87. The number of anilines is 1. The van der Waals surface area contributed by atoms with Gasteiger partial charge in [0.2, 0.25) is 0 Å². The summed E-state index contributed by atoms with van der Waals surface area (Å²) in [5, 5.41) is 0.636. The molecule has 0 aromatic heterocycles. The van der Waals surface area contributed by atoms with Crippen molar-refractivity contribution in [3.05, 3.63) is 24.0 Å². The molecule has 0 atom stereocenters. The lowest BCUT2D eigenvalue weighted by atomic mass is 10.3. The minimum absolute atomic E-state index is 0.0311. The fourth-order valence-corrected chi connectivity index (χ4v) is 1.60. The number of benzene rings is 1. The fraction of sp³-hybridized carbons (Fsp3) is 0.143. The smallest absolute Gasteiger partial charge is 0.440 e. The number of rotatable bonds is 2. The molecule has 9 heteroatoms. The van der Waals surface area contributed by atoms with Crippen LogP contribution < -0.4 is 15.5 Å². The standard InChI is InChI=1S/C7H7FN2O5S/c1-13-7-3-2-5(8)4-6(7)10-9-14-16(11,12)15-10/h2-4,9H,1H3. The van der Waals surface area contributed by atoms with E-state index in [1.807, 2.05) is 5.59 Å². The van der Waals surface area contributed by atoms with Crippen molar-refractivity contribution in [1.29, 1.82) is 0 Å². The minimum atomic E-state index is -4.14. The van der Waals surface area contributed by atoms with Gasteiger partial charge in [-0.2, -0.15) is 8.42 Å². The Morgan fingerprint density at radius 2 is 2.25 bits per heavy atom. The first-order chi connectivity index (χ1) is 7.52. The second-order valence-electron chi connectivity index (χ2n) is 2.77. The van der Waals surface area contributed by atoms with Crippen molar-refractivity contribution in [2.75, 3.05) is 12.3 Å². The van der Waals surface area contributed by atoms with Crippen LogP contribution in [0.5, 0.6) is 5.75 Å². The van der Waals surface area contributed by atoms with Crippen LogP contribution in [0.25, 0.3) is 0 Å². The summed E-state index contributed by atoms with van der Waals surface area (Å²) < 4.78 is 48.0. The Hall–Kier alpha value is -1.42. The van der Waals surface area contributed by atoms with Crippen molar-refractivity contribution in [3.8, 4) is 5.75 Å². The van der Waals surface area contributed by atoms with Crippen LogP contribution in [-0.2, 0) is 19.0 Å². The number of nitrogens with zero attached hydrogens (tertiary/aromatic N) is 1. The predicted octanol–water partition coefficient (Wildman–Crippen LogP) is 0.267. The number of hydrazine groups is 1. The van der Waals surface area contributed by atoms with E-state index >= 15 is 0 Å². The third kappa shape index (κ3) is 2.07. The molecule has 2 rings (SSSR count). The van der Waals surface area contributed by atoms with Gasteiger partial charge in [-0.25, -0.2) is 4.39 Å². The summed E-state index contributed by atoms with van der Waals surface area (Å²) in [7, 11) is -2.80. The number of nitrogens with one attached hydrogen (secondary N) is 1. The van der Waals surface area contributed by atoms with Gasteiger partial charge in [-0.1, -0.05) is 5.59 Å². The predicted molar refractivity (Wildman–Crippen MR) is 49.7 cm³/mol. The van der Waals surface area contributed by atoms with Gasteiger partial charge < -0.3 is 4.74 Å². The zero-order valence-corrected chi connectivity index (χ0v) is 8.82. The molecule has 0 amide bonds. The van der Waals surface area contributed by atoms with Crippen LogP contribution in [0.15, 0.2) is 18.2 Å². The van der Waals surface area contributed by atoms with E-state index in [0.29, 0.717) is 5.17 Å². The number of ether oxygens (including phenoxy) is 1. The fourth-order valence-electron chi connectivity index (χ4n) is 1.11. The Bertz CT molecular complexity index is 505. The molecular weight excluding hydrogens is 243 g/mol. The van der Waals surface area contributed by atoms with E-state index in [1.165, 1.54) is 13.2 Å². The van der Waals surface area contributed by atoms with E-state index in [9.17, 15) is 12.8 Å². The first-order valence-electron chi connectivity index (χ1n) is 4.04. The molecule has 0 spiro atoms. The van der Waals surface area contributed by atoms with E-state index in [-0.39, 0.29) is 11.4 Å². The molecule has 16 heavy (non-hydrogen) atoms. The second-order valence-corrected chi connectivity index (χ2v) is 3.90. The van der Waals surface area contributed by atoms with Gasteiger partial charge >= 0.3 is 10.4 Å². The Kier molecular flexibility index (Phi) is 2.68. The Morgan fingerprint density at radius 1 is 1.50 bits per heavy atom. The average Bonchev–Trinajstić information content (AvgIpc) is 2.59. The normalized spacial score (nSPS) is 18.8. The highest BCUT2D eigenvalue weighted by Crippen LogP contribution is 2.30. The van der Waals surface area contributed by atoms with Gasteiger partial charge in [-0.15, -0.1) is 13.7 Å². The van der Waals surface area contributed by atoms with Crippen LogP contribution >= 0.6 is 0 Å². The molecule has 88 valence electrons. The zero-order valence-electron chi connectivity index (χ0n) is 8.01. The Labute approximate surface area is 90.5 Å². The van der Waals surface area contributed by atoms with Crippen LogP contribution in [0, 0.1) is 5.82 Å². The van der Waals surface area contributed by atoms with Gasteiger partial charge in [0.1, 0.15) is 17.3 Å². The van der Waals surface area contributed by atoms with Gasteiger partial charge in [0.25, 0.3) is 0 Å². The van der Waals surface area contributed by atoms with Gasteiger partial charge in [0.05, 0.1) is 7.11 Å². The third-order valence-corrected chi connectivity index (χ3v) is 2.36. The molecule has 1 fully saturated rings. The molecule has 0 aliphatic carbocycles. The summed E-state index contributed by atoms with van der Waals surface area (Å²) >= 11 is 0. The maximum Gasteiger partial charge on any atom is 0.440 e. The lowest BCUT2D eigenvalue weighted by molar-refractivity contribution is 0.196. The van der Waals surface area contributed by atoms with E-state index in [2.05, 4.69) is 8.57 Å². The van der Waals surface area contributed by atoms with E-state index < -0.39 is 16.2 Å². The highest BCUT2D eigenvalue weighted by Gasteiger charge is 2.31. The summed E-state index contributed by atoms with van der Waals surface area (Å²) in [5.41, 5.74) is 1.97. The molecule has 0 saturated carbocycles. The molecule has 0 radical (unpaired) electrons. The largest absolute Gasteiger partial charge is 0.494 e. The molecule has 1 heterocycles. The Balaban J connectivity index is 2.37. The van der Waals surface area contributed by atoms with E-state index in [0.717, 1.165) is 12.1 Å². The van der Waals surface area contributed by atoms with Crippen LogP contribution in [0.4, 0.5) is 10.1 Å². The average molecular weight is 250 g/mol. The summed E-state index contributed by atoms with van der Waals surface area (Å²) in [5.74, 6) is -0.361. The van der Waals surface area contributed by atoms with Crippen LogP contribution in [0.3, 0.4) is 0 Å². The first-order valence-corrected chi connectivity index (χ1v) is 5.37. The van der Waals surface area contributed by atoms with Crippen molar-refractivity contribution in [3.63, 3.8) is 0 Å². The molecule has 7 nitrogen and oxygen atoms in total. The van der Waals surface area contributed by atoms with Crippen LogP contribution in [0.2, 0.25) is 0 Å². The van der Waals surface area contributed by atoms with Crippen molar-refractivity contribution >= 4 is 16.1 Å². The maximum absolute atomic E-state index is 13.0. The first kappa shape index (κ1) is 11.1. The van der Waals surface area contributed by atoms with Gasteiger partial charge in [0, 0.05) is 6.07 Å². The summed E-state index contributed by atoms with van der Waals surface area (Å²) in [6.07, 6.45) is 0. The number of hydrogen-bond acceptors (Lipinski definition) is 7. The summed E-state index contributed by atoms with van der Waals surface area (Å²) in [6.45, 7) is 0. The monoisotopic (exact) mass is 250 g/mol. The lowest BCUT2D eigenvalue weighted by Crippen LogP contribution is -2.28. The zero-order chi connectivity index (χ0) is 11.8. The number of halogens is 1. The van der Waals surface area contributed by atoms with Crippen molar-refractivity contribution in [1.82, 2.24) is 5.59 Å². The van der Waals surface area contributed by atoms with Gasteiger partial charge in [-0.05, 0) is 12.1 Å². The number of hydrogen-bond donors (Lipinski definition) is 1. The van der Waals surface area contributed by atoms with Crippen molar-refractivity contribution in [2.24, 2.45) is 0 Å². The molecule has 1 aliphatic heterocycles. The van der Waals surface area contributed by atoms with Crippen LogP contribution in [-0.4, -0.2) is 15.5 Å². The summed E-state index contributed by atoms with van der Waals surface area (Å²) in [4.78, 5) is 0. The van der Waals surface area contributed by atoms with Gasteiger partial charge in [0.15, 0.2) is 0 Å². The quantitative estimate of drug-likeness (QED) is 0.807. The molecule has 1 N–H and O–H groups in total. The molecule has 1 aromatic rings. The van der Waals surface area contributed by atoms with Crippen molar-refractivity contribution < 1.29 is 26.1 Å². The summed E-state index contributed by atoms with van der Waals surface area (Å²) in [6, 6.07) is 3.50. The Morgan fingerprint density at radius 3 is 2.81 bits per heavy atom. The lowest BCUT2D eigenvalue weighted by Gasteiger charge is -2.14. The molecule has 1 aromatic carbocycles. The highest BCUT2D eigenvalue weighted by molar-refractivity contribution is 7.82. The molecule has 1 saturated heterocycles. The topological polar surface area (TPSA) is 77.1 Å².